The summed E-state index contributed by atoms with van der Waals surface area (Å²) in [7, 11) is 3.66. The van der Waals surface area contributed by atoms with E-state index < -0.39 is 0 Å². The van der Waals surface area contributed by atoms with Gasteiger partial charge in [-0.25, -0.2) is 4.99 Å². The van der Waals surface area contributed by atoms with Crippen molar-refractivity contribution in [1.82, 2.24) is 4.90 Å². The van der Waals surface area contributed by atoms with E-state index in [0.29, 0.717) is 6.54 Å². The summed E-state index contributed by atoms with van der Waals surface area (Å²) in [5, 5.41) is 1.67. The van der Waals surface area contributed by atoms with Crippen molar-refractivity contribution in [2.24, 2.45) is 4.99 Å². The third-order valence-electron chi connectivity index (χ3n) is 4.86. The summed E-state index contributed by atoms with van der Waals surface area (Å²) in [5.41, 5.74) is 1.88. The summed E-state index contributed by atoms with van der Waals surface area (Å²) in [6, 6.07) is 13.8. The summed E-state index contributed by atoms with van der Waals surface area (Å²) < 4.78 is 6.33. The van der Waals surface area contributed by atoms with E-state index in [1.165, 1.54) is 11.8 Å². The van der Waals surface area contributed by atoms with Crippen LogP contribution in [0.4, 0.5) is 11.4 Å². The monoisotopic (exact) mass is 503 g/mol. The van der Waals surface area contributed by atoms with Gasteiger partial charge in [-0.3, -0.25) is 9.69 Å². The van der Waals surface area contributed by atoms with E-state index in [0.717, 1.165) is 54.4 Å². The fourth-order valence-corrected chi connectivity index (χ4v) is 5.98. The molecule has 0 aliphatic carbocycles. The molecule has 0 aromatic heterocycles. The normalized spacial score (nSPS) is 19.7. The number of hydrogen-bond donors (Lipinski definition) is 0. The van der Waals surface area contributed by atoms with Gasteiger partial charge in [0, 0.05) is 29.0 Å². The van der Waals surface area contributed by atoms with Crippen LogP contribution in [0.3, 0.4) is 0 Å². The second-order valence-corrected chi connectivity index (χ2v) is 9.84. The highest BCUT2D eigenvalue weighted by molar-refractivity contribution is 9.10. The maximum Gasteiger partial charge on any atom is 0.269 e. The van der Waals surface area contributed by atoms with Crippen molar-refractivity contribution in [2.75, 3.05) is 25.6 Å². The molecule has 2 aromatic rings. The molecule has 0 saturated carbocycles. The molecule has 0 spiro atoms. The van der Waals surface area contributed by atoms with Crippen LogP contribution in [0.2, 0.25) is 0 Å². The SMILES string of the molecule is CCCCN1C(=O)C(=C2Sc3ccc(OC)cc3N2C)SC1=Nc1cccc(Br)c1. The van der Waals surface area contributed by atoms with Crippen LogP contribution >= 0.6 is 39.5 Å². The van der Waals surface area contributed by atoms with Crippen molar-refractivity contribution in [3.8, 4) is 5.75 Å². The van der Waals surface area contributed by atoms with E-state index in [2.05, 4.69) is 27.8 Å². The van der Waals surface area contributed by atoms with Gasteiger partial charge < -0.3 is 9.64 Å². The number of amidine groups is 1. The van der Waals surface area contributed by atoms with Gasteiger partial charge >= 0.3 is 0 Å². The lowest BCUT2D eigenvalue weighted by atomic mass is 10.3. The number of carbonyl (C=O) groups excluding carboxylic acids is 1. The lowest BCUT2D eigenvalue weighted by Crippen LogP contribution is -2.30. The molecule has 156 valence electrons. The van der Waals surface area contributed by atoms with Crippen molar-refractivity contribution < 1.29 is 9.53 Å². The molecule has 1 saturated heterocycles. The van der Waals surface area contributed by atoms with Gasteiger partial charge in [-0.1, -0.05) is 47.1 Å². The summed E-state index contributed by atoms with van der Waals surface area (Å²) in [6.07, 6.45) is 1.96. The Balaban J connectivity index is 1.71. The van der Waals surface area contributed by atoms with E-state index in [9.17, 15) is 4.79 Å². The molecule has 2 aliphatic rings. The third-order valence-corrected chi connectivity index (χ3v) is 7.79. The minimum absolute atomic E-state index is 0.0244. The number of thioether (sulfide) groups is 2. The van der Waals surface area contributed by atoms with Gasteiger partial charge in [0.25, 0.3) is 5.91 Å². The van der Waals surface area contributed by atoms with Crippen LogP contribution < -0.4 is 9.64 Å². The topological polar surface area (TPSA) is 45.1 Å². The molecule has 0 atom stereocenters. The minimum atomic E-state index is 0.0244. The maximum absolute atomic E-state index is 13.4. The summed E-state index contributed by atoms with van der Waals surface area (Å²) in [4.78, 5) is 23.9. The van der Waals surface area contributed by atoms with Gasteiger partial charge in [0.15, 0.2) is 5.17 Å². The molecule has 0 N–H and O–H groups in total. The van der Waals surface area contributed by atoms with Gasteiger partial charge in [0.2, 0.25) is 0 Å². The number of rotatable bonds is 5. The Morgan fingerprint density at radius 2 is 2.00 bits per heavy atom. The number of nitrogens with zero attached hydrogens (tertiary/aromatic N) is 3. The molecule has 0 bridgehead atoms. The molecule has 30 heavy (non-hydrogen) atoms. The van der Waals surface area contributed by atoms with Crippen LogP contribution in [0.1, 0.15) is 19.8 Å². The van der Waals surface area contributed by atoms with Crippen molar-refractivity contribution in [1.29, 1.82) is 0 Å². The van der Waals surface area contributed by atoms with Gasteiger partial charge in [-0.05, 0) is 48.5 Å². The Kier molecular flexibility index (Phi) is 6.46. The number of ether oxygens (including phenoxy) is 1. The number of amides is 1. The molecule has 1 amide bonds. The van der Waals surface area contributed by atoms with Crippen LogP contribution in [0.15, 0.2) is 66.8 Å². The van der Waals surface area contributed by atoms with E-state index >= 15 is 0 Å². The molecule has 2 aliphatic heterocycles. The summed E-state index contributed by atoms with van der Waals surface area (Å²) in [6.45, 7) is 2.80. The largest absolute Gasteiger partial charge is 0.497 e. The standard InChI is InChI=1S/C22H22BrN3O2S2/c1-4-5-11-26-20(27)19(30-22(26)24-15-8-6-7-14(23)12-15)21-25(2)17-13-16(28-3)9-10-18(17)29-21/h6-10,12-13H,4-5,11H2,1-3H3. The van der Waals surface area contributed by atoms with Crippen molar-refractivity contribution in [3.63, 3.8) is 0 Å². The highest BCUT2D eigenvalue weighted by atomic mass is 79.9. The van der Waals surface area contributed by atoms with E-state index in [4.69, 9.17) is 9.73 Å². The van der Waals surface area contributed by atoms with Crippen molar-refractivity contribution in [3.05, 3.63) is 56.9 Å². The summed E-state index contributed by atoms with van der Waals surface area (Å²) >= 11 is 6.57. The molecular formula is C22H22BrN3O2S2. The lowest BCUT2D eigenvalue weighted by Gasteiger charge is -2.16. The molecule has 2 aromatic carbocycles. The third kappa shape index (κ3) is 4.13. The van der Waals surface area contributed by atoms with Gasteiger partial charge in [0.05, 0.1) is 23.5 Å². The van der Waals surface area contributed by atoms with Gasteiger partial charge in [0.1, 0.15) is 10.7 Å². The number of hydrogen-bond acceptors (Lipinski definition) is 6. The smallest absolute Gasteiger partial charge is 0.269 e. The van der Waals surface area contributed by atoms with E-state index in [-0.39, 0.29) is 5.91 Å². The molecule has 8 heteroatoms. The molecule has 0 radical (unpaired) electrons. The van der Waals surface area contributed by atoms with E-state index in [1.807, 2.05) is 54.4 Å². The van der Waals surface area contributed by atoms with Crippen molar-refractivity contribution in [2.45, 2.75) is 24.7 Å². The zero-order valence-corrected chi connectivity index (χ0v) is 20.2. The van der Waals surface area contributed by atoms with Gasteiger partial charge in [-0.2, -0.15) is 0 Å². The minimum Gasteiger partial charge on any atom is -0.497 e. The molecule has 5 nitrogen and oxygen atoms in total. The van der Waals surface area contributed by atoms with Crippen molar-refractivity contribution >= 4 is 61.9 Å². The van der Waals surface area contributed by atoms with E-state index in [1.54, 1.807) is 18.9 Å². The first-order valence-corrected chi connectivity index (χ1v) is 12.1. The van der Waals surface area contributed by atoms with Crippen LogP contribution in [-0.4, -0.2) is 36.7 Å². The van der Waals surface area contributed by atoms with Gasteiger partial charge in [-0.15, -0.1) is 0 Å². The Bertz CT molecular complexity index is 1050. The molecule has 4 rings (SSSR count). The number of carbonyl (C=O) groups is 1. The number of aliphatic imine (C=N–C) groups is 1. The first-order valence-electron chi connectivity index (χ1n) is 9.69. The predicted octanol–water partition coefficient (Wildman–Crippen LogP) is 6.23. The Morgan fingerprint density at radius 3 is 2.73 bits per heavy atom. The lowest BCUT2D eigenvalue weighted by molar-refractivity contribution is -0.122. The Labute approximate surface area is 193 Å². The molecule has 0 unspecified atom stereocenters. The summed E-state index contributed by atoms with van der Waals surface area (Å²) in [5.74, 6) is 0.829. The number of unbranched alkanes of at least 4 members (excludes halogenated alkanes) is 1. The quantitative estimate of drug-likeness (QED) is 0.452. The van der Waals surface area contributed by atoms with Crippen LogP contribution in [0, 0.1) is 0 Å². The molecule has 2 heterocycles. The first kappa shape index (κ1) is 21.3. The zero-order valence-electron chi connectivity index (χ0n) is 17.0. The van der Waals surface area contributed by atoms with Crippen LogP contribution in [0.25, 0.3) is 0 Å². The molecular weight excluding hydrogens is 482 g/mol. The number of halogens is 1. The fraction of sp³-hybridized carbons (Fsp3) is 0.273. The zero-order chi connectivity index (χ0) is 21.3. The first-order chi connectivity index (χ1) is 14.5. The fourth-order valence-electron chi connectivity index (χ4n) is 3.24. The number of fused-ring (bicyclic) bond motifs is 1. The second-order valence-electron chi connectivity index (χ2n) is 6.92. The molecule has 1 fully saturated rings. The highest BCUT2D eigenvalue weighted by Gasteiger charge is 2.39. The average molecular weight is 504 g/mol. The maximum atomic E-state index is 13.4. The number of benzene rings is 2. The highest BCUT2D eigenvalue weighted by Crippen LogP contribution is 2.51. The Morgan fingerprint density at radius 1 is 1.17 bits per heavy atom. The van der Waals surface area contributed by atoms with Crippen LogP contribution in [-0.2, 0) is 4.79 Å². The second kappa shape index (κ2) is 9.08. The Hall–Kier alpha value is -1.90. The van der Waals surface area contributed by atoms with Crippen LogP contribution in [0.5, 0.6) is 5.75 Å². The number of methoxy groups -OCH3 is 1. The predicted molar refractivity (Wildman–Crippen MR) is 130 cm³/mol. The number of anilines is 1. The average Bonchev–Trinajstić information content (AvgIpc) is 3.22.